The van der Waals surface area contributed by atoms with E-state index in [1.54, 1.807) is 17.9 Å². The highest BCUT2D eigenvalue weighted by atomic mass is 16.5. The Labute approximate surface area is 133 Å². The Morgan fingerprint density at radius 2 is 2.04 bits per heavy atom. The molecule has 1 saturated heterocycles. The standard InChI is InChI=1S/C17H18N2O4/c1-11-13(17(21)22)8-5-9-19(11)16(20)15-10-14(18-23-15)12-6-3-2-4-7-12/h2-4,6-7,10-11,13H,5,8-9H2,1H3,(H,21,22)/t11-,13-/m1/s1. The van der Waals surface area contributed by atoms with Gasteiger partial charge in [0.25, 0.3) is 5.91 Å². The third kappa shape index (κ3) is 2.97. The van der Waals surface area contributed by atoms with E-state index < -0.39 is 11.9 Å². The van der Waals surface area contributed by atoms with Crippen LogP contribution >= 0.6 is 0 Å². The van der Waals surface area contributed by atoms with Gasteiger partial charge in [-0.1, -0.05) is 35.5 Å². The van der Waals surface area contributed by atoms with Gasteiger partial charge >= 0.3 is 5.97 Å². The van der Waals surface area contributed by atoms with Crippen molar-refractivity contribution >= 4 is 11.9 Å². The van der Waals surface area contributed by atoms with E-state index in [0.717, 1.165) is 5.56 Å². The summed E-state index contributed by atoms with van der Waals surface area (Å²) in [6, 6.07) is 10.7. The van der Waals surface area contributed by atoms with Gasteiger partial charge in [0.1, 0.15) is 5.69 Å². The summed E-state index contributed by atoms with van der Waals surface area (Å²) in [5.41, 5.74) is 1.46. The fourth-order valence-corrected chi connectivity index (χ4v) is 3.02. The molecule has 0 bridgehead atoms. The van der Waals surface area contributed by atoms with E-state index in [0.29, 0.717) is 25.1 Å². The molecule has 0 unspecified atom stereocenters. The molecule has 1 aliphatic heterocycles. The van der Waals surface area contributed by atoms with Gasteiger partial charge in [0.15, 0.2) is 0 Å². The Bertz CT molecular complexity index is 710. The second-order valence-corrected chi connectivity index (χ2v) is 5.77. The second kappa shape index (κ2) is 6.24. The number of carboxylic acids is 1. The monoisotopic (exact) mass is 314 g/mol. The molecule has 2 heterocycles. The molecule has 0 saturated carbocycles. The lowest BCUT2D eigenvalue weighted by Crippen LogP contribution is -2.49. The van der Waals surface area contributed by atoms with E-state index in [-0.39, 0.29) is 17.7 Å². The van der Waals surface area contributed by atoms with Gasteiger partial charge in [0, 0.05) is 24.2 Å². The van der Waals surface area contributed by atoms with E-state index in [9.17, 15) is 14.7 Å². The van der Waals surface area contributed by atoms with Crippen molar-refractivity contribution in [1.29, 1.82) is 0 Å². The van der Waals surface area contributed by atoms with Gasteiger partial charge in [-0.25, -0.2) is 0 Å². The summed E-state index contributed by atoms with van der Waals surface area (Å²) in [7, 11) is 0. The first-order valence-electron chi connectivity index (χ1n) is 7.64. The molecule has 1 aromatic heterocycles. The van der Waals surface area contributed by atoms with Gasteiger partial charge in [-0.2, -0.15) is 0 Å². The molecule has 0 spiro atoms. The highest BCUT2D eigenvalue weighted by molar-refractivity contribution is 5.93. The molecule has 120 valence electrons. The van der Waals surface area contributed by atoms with Crippen molar-refractivity contribution in [3.05, 3.63) is 42.2 Å². The highest BCUT2D eigenvalue weighted by Crippen LogP contribution is 2.26. The Balaban J connectivity index is 1.81. The van der Waals surface area contributed by atoms with Crippen LogP contribution in [-0.2, 0) is 4.79 Å². The predicted octanol–water partition coefficient (Wildman–Crippen LogP) is 2.67. The van der Waals surface area contributed by atoms with Crippen molar-refractivity contribution in [3.63, 3.8) is 0 Å². The number of nitrogens with zero attached hydrogens (tertiary/aromatic N) is 2. The number of carbonyl (C=O) groups is 2. The van der Waals surface area contributed by atoms with Crippen LogP contribution in [0.5, 0.6) is 0 Å². The molecule has 0 aliphatic carbocycles. The number of hydrogen-bond donors (Lipinski definition) is 1. The van der Waals surface area contributed by atoms with E-state index in [1.807, 2.05) is 30.3 Å². The van der Waals surface area contributed by atoms with Crippen LogP contribution in [0.15, 0.2) is 40.9 Å². The summed E-state index contributed by atoms with van der Waals surface area (Å²) in [4.78, 5) is 25.5. The van der Waals surface area contributed by atoms with E-state index in [4.69, 9.17) is 4.52 Å². The minimum atomic E-state index is -0.863. The number of hydrogen-bond acceptors (Lipinski definition) is 4. The van der Waals surface area contributed by atoms with Crippen LogP contribution in [0.1, 0.15) is 30.3 Å². The first kappa shape index (κ1) is 15.3. The zero-order chi connectivity index (χ0) is 16.4. The summed E-state index contributed by atoms with van der Waals surface area (Å²) in [6.07, 6.45) is 1.26. The summed E-state index contributed by atoms with van der Waals surface area (Å²) in [6.45, 7) is 2.30. The van der Waals surface area contributed by atoms with Crippen LogP contribution in [0.4, 0.5) is 0 Å². The number of likely N-dealkylation sites (tertiary alicyclic amines) is 1. The summed E-state index contributed by atoms with van der Waals surface area (Å²) < 4.78 is 5.19. The maximum Gasteiger partial charge on any atom is 0.308 e. The van der Waals surface area contributed by atoms with Gasteiger partial charge in [-0.15, -0.1) is 0 Å². The molecule has 1 N–H and O–H groups in total. The number of piperidine rings is 1. The molecule has 0 radical (unpaired) electrons. The van der Waals surface area contributed by atoms with Gasteiger partial charge in [-0.05, 0) is 19.8 Å². The van der Waals surface area contributed by atoms with Gasteiger partial charge in [-0.3, -0.25) is 9.59 Å². The normalized spacial score (nSPS) is 21.2. The summed E-state index contributed by atoms with van der Waals surface area (Å²) in [5, 5.41) is 13.2. The molecule has 2 aromatic rings. The van der Waals surface area contributed by atoms with Crippen molar-refractivity contribution in [1.82, 2.24) is 10.1 Å². The summed E-state index contributed by atoms with van der Waals surface area (Å²) >= 11 is 0. The van der Waals surface area contributed by atoms with Crippen LogP contribution in [0.2, 0.25) is 0 Å². The lowest BCUT2D eigenvalue weighted by atomic mass is 9.90. The Morgan fingerprint density at radius 1 is 1.30 bits per heavy atom. The fraction of sp³-hybridized carbons (Fsp3) is 0.353. The largest absolute Gasteiger partial charge is 0.481 e. The Morgan fingerprint density at radius 3 is 2.74 bits per heavy atom. The molecule has 2 atom stereocenters. The third-order valence-corrected chi connectivity index (χ3v) is 4.36. The number of aromatic nitrogens is 1. The zero-order valence-corrected chi connectivity index (χ0v) is 12.8. The fourth-order valence-electron chi connectivity index (χ4n) is 3.02. The summed E-state index contributed by atoms with van der Waals surface area (Å²) in [5.74, 6) is -1.57. The number of rotatable bonds is 3. The van der Waals surface area contributed by atoms with Gasteiger partial charge < -0.3 is 14.5 Å². The van der Waals surface area contributed by atoms with Crippen molar-refractivity contribution in [2.24, 2.45) is 5.92 Å². The number of amides is 1. The van der Waals surface area contributed by atoms with Crippen LogP contribution < -0.4 is 0 Å². The second-order valence-electron chi connectivity index (χ2n) is 5.77. The zero-order valence-electron chi connectivity index (χ0n) is 12.8. The van der Waals surface area contributed by atoms with Crippen molar-refractivity contribution in [3.8, 4) is 11.3 Å². The van der Waals surface area contributed by atoms with Crippen LogP contribution in [0.3, 0.4) is 0 Å². The quantitative estimate of drug-likeness (QED) is 0.941. The minimum absolute atomic E-state index is 0.141. The molecule has 1 aromatic carbocycles. The molecule has 3 rings (SSSR count). The van der Waals surface area contributed by atoms with Crippen molar-refractivity contribution < 1.29 is 19.2 Å². The average molecular weight is 314 g/mol. The molecule has 1 fully saturated rings. The minimum Gasteiger partial charge on any atom is -0.481 e. The Hall–Kier alpha value is -2.63. The van der Waals surface area contributed by atoms with E-state index >= 15 is 0 Å². The van der Waals surface area contributed by atoms with Crippen molar-refractivity contribution in [2.45, 2.75) is 25.8 Å². The van der Waals surface area contributed by atoms with Gasteiger partial charge in [0.2, 0.25) is 5.76 Å². The predicted molar refractivity (Wildman–Crippen MR) is 82.8 cm³/mol. The molecular formula is C17H18N2O4. The molecular weight excluding hydrogens is 296 g/mol. The molecule has 6 nitrogen and oxygen atoms in total. The lowest BCUT2D eigenvalue weighted by Gasteiger charge is -2.36. The van der Waals surface area contributed by atoms with Crippen molar-refractivity contribution in [2.75, 3.05) is 6.54 Å². The maximum atomic E-state index is 12.6. The SMILES string of the molecule is C[C@@H]1[C@H](C(=O)O)CCCN1C(=O)c1cc(-c2ccccc2)no1. The lowest BCUT2D eigenvalue weighted by molar-refractivity contribution is -0.145. The molecule has 1 aliphatic rings. The topological polar surface area (TPSA) is 83.6 Å². The maximum absolute atomic E-state index is 12.6. The van der Waals surface area contributed by atoms with E-state index in [2.05, 4.69) is 5.16 Å². The first-order chi connectivity index (χ1) is 11.1. The van der Waals surface area contributed by atoms with Crippen LogP contribution in [0, 0.1) is 5.92 Å². The Kier molecular flexibility index (Phi) is 4.14. The van der Waals surface area contributed by atoms with Crippen LogP contribution in [-0.4, -0.2) is 39.6 Å². The molecule has 23 heavy (non-hydrogen) atoms. The number of aliphatic carboxylic acids is 1. The number of carbonyl (C=O) groups excluding carboxylic acids is 1. The number of carboxylic acid groups (broad SMARTS) is 1. The van der Waals surface area contributed by atoms with Gasteiger partial charge in [0.05, 0.1) is 5.92 Å². The van der Waals surface area contributed by atoms with Crippen LogP contribution in [0.25, 0.3) is 11.3 Å². The average Bonchev–Trinajstić information content (AvgIpc) is 3.05. The third-order valence-electron chi connectivity index (χ3n) is 4.36. The van der Waals surface area contributed by atoms with E-state index in [1.165, 1.54) is 0 Å². The molecule has 6 heteroatoms. The molecule has 1 amide bonds. The highest BCUT2D eigenvalue weighted by Gasteiger charge is 2.36. The smallest absolute Gasteiger partial charge is 0.308 e. The first-order valence-corrected chi connectivity index (χ1v) is 7.64. The number of benzene rings is 1.